The molecule has 4 nitrogen and oxygen atoms in total. The van der Waals surface area contributed by atoms with Gasteiger partial charge in [0.05, 0.1) is 11.6 Å². The van der Waals surface area contributed by atoms with Crippen LogP contribution in [0, 0.1) is 5.41 Å². The number of nitrogens with zero attached hydrogens (tertiary/aromatic N) is 2. The fourth-order valence-corrected chi connectivity index (χ4v) is 2.91. The summed E-state index contributed by atoms with van der Waals surface area (Å²) < 4.78 is 1.85. The van der Waals surface area contributed by atoms with Gasteiger partial charge in [-0.3, -0.25) is 10.2 Å². The molecule has 0 bridgehead atoms. The van der Waals surface area contributed by atoms with Crippen LogP contribution in [-0.2, 0) is 0 Å². The van der Waals surface area contributed by atoms with Crippen molar-refractivity contribution in [3.63, 3.8) is 0 Å². The lowest BCUT2D eigenvalue weighted by Gasteiger charge is -2.01. The number of nitrogens with one attached hydrogen (secondary N) is 1. The van der Waals surface area contributed by atoms with Gasteiger partial charge in [0, 0.05) is 15.3 Å². The summed E-state index contributed by atoms with van der Waals surface area (Å²) in [5, 5.41) is 13.1. The number of fused-ring (bicyclic) bond motifs is 1. The minimum atomic E-state index is -0.308. The van der Waals surface area contributed by atoms with Crippen LogP contribution in [0.3, 0.4) is 0 Å². The fraction of sp³-hybridized carbons (Fsp3) is 0. The van der Waals surface area contributed by atoms with Gasteiger partial charge in [-0.1, -0.05) is 53.3 Å². The Balaban J connectivity index is 2.16. The van der Waals surface area contributed by atoms with Crippen molar-refractivity contribution in [2.45, 2.75) is 0 Å². The van der Waals surface area contributed by atoms with Crippen molar-refractivity contribution in [2.75, 3.05) is 0 Å². The predicted molar refractivity (Wildman–Crippen MR) is 86.4 cm³/mol. The largest absolute Gasteiger partial charge is 0.282 e. The zero-order valence-electron chi connectivity index (χ0n) is 10.8. The Morgan fingerprint density at radius 3 is 2.67 bits per heavy atom. The SMILES string of the molecule is N=c1sc2ccccc2c(=O)n1/N=C/c1ccccc1Cl. The molecule has 0 unspecified atom stereocenters. The van der Waals surface area contributed by atoms with Gasteiger partial charge in [-0.05, 0) is 18.2 Å². The highest BCUT2D eigenvalue weighted by atomic mass is 35.5. The molecular weight excluding hydrogens is 306 g/mol. The van der Waals surface area contributed by atoms with E-state index in [0.717, 1.165) is 9.38 Å². The first-order chi connectivity index (χ1) is 10.2. The Bertz CT molecular complexity index is 959. The lowest BCUT2D eigenvalue weighted by molar-refractivity contribution is 0.794. The van der Waals surface area contributed by atoms with Crippen molar-refractivity contribution in [3.05, 3.63) is 74.3 Å². The summed E-state index contributed by atoms with van der Waals surface area (Å²) in [6.45, 7) is 0. The average Bonchev–Trinajstić information content (AvgIpc) is 2.49. The summed E-state index contributed by atoms with van der Waals surface area (Å²) in [4.78, 5) is 12.4. The molecule has 0 aliphatic heterocycles. The minimum absolute atomic E-state index is 0.0713. The molecule has 3 rings (SSSR count). The second-order valence-corrected chi connectivity index (χ2v) is 5.72. The second-order valence-electron chi connectivity index (χ2n) is 4.29. The van der Waals surface area contributed by atoms with E-state index in [1.54, 1.807) is 24.3 Å². The van der Waals surface area contributed by atoms with Gasteiger partial charge in [0.15, 0.2) is 0 Å². The molecule has 6 heteroatoms. The number of rotatable bonds is 2. The van der Waals surface area contributed by atoms with E-state index in [1.165, 1.54) is 17.6 Å². The zero-order chi connectivity index (χ0) is 14.8. The molecule has 21 heavy (non-hydrogen) atoms. The van der Waals surface area contributed by atoms with Crippen molar-refractivity contribution < 1.29 is 0 Å². The van der Waals surface area contributed by atoms with Crippen LogP contribution < -0.4 is 10.4 Å². The van der Waals surface area contributed by atoms with E-state index in [9.17, 15) is 4.79 Å². The smallest absolute Gasteiger partial charge is 0.273 e. The Labute approximate surface area is 129 Å². The van der Waals surface area contributed by atoms with Gasteiger partial charge in [0.25, 0.3) is 5.56 Å². The van der Waals surface area contributed by atoms with Crippen LogP contribution >= 0.6 is 22.9 Å². The normalized spacial score (nSPS) is 11.3. The van der Waals surface area contributed by atoms with Crippen LogP contribution in [0.1, 0.15) is 5.56 Å². The monoisotopic (exact) mass is 315 g/mol. The molecule has 1 heterocycles. The fourth-order valence-electron chi connectivity index (χ4n) is 1.89. The number of aromatic nitrogens is 1. The maximum Gasteiger partial charge on any atom is 0.282 e. The Kier molecular flexibility index (Phi) is 3.68. The molecular formula is C15H10ClN3OS. The minimum Gasteiger partial charge on any atom is -0.273 e. The Morgan fingerprint density at radius 2 is 1.86 bits per heavy atom. The maximum atomic E-state index is 12.4. The summed E-state index contributed by atoms with van der Waals surface area (Å²) >= 11 is 7.25. The number of hydrogen-bond acceptors (Lipinski definition) is 4. The zero-order valence-corrected chi connectivity index (χ0v) is 12.4. The quantitative estimate of drug-likeness (QED) is 0.726. The molecule has 0 aliphatic rings. The molecule has 0 atom stereocenters. The van der Waals surface area contributed by atoms with E-state index < -0.39 is 0 Å². The summed E-state index contributed by atoms with van der Waals surface area (Å²) in [6.07, 6.45) is 1.49. The first-order valence-electron chi connectivity index (χ1n) is 6.15. The van der Waals surface area contributed by atoms with Crippen LogP contribution in [0.5, 0.6) is 0 Å². The van der Waals surface area contributed by atoms with E-state index in [4.69, 9.17) is 17.0 Å². The summed E-state index contributed by atoms with van der Waals surface area (Å²) in [7, 11) is 0. The maximum absolute atomic E-state index is 12.4. The van der Waals surface area contributed by atoms with Crippen LogP contribution in [0.4, 0.5) is 0 Å². The number of benzene rings is 2. The average molecular weight is 316 g/mol. The van der Waals surface area contributed by atoms with Gasteiger partial charge in [-0.25, -0.2) is 0 Å². The highest BCUT2D eigenvalue weighted by Gasteiger charge is 2.04. The van der Waals surface area contributed by atoms with Crippen LogP contribution in [0.2, 0.25) is 5.02 Å². The molecule has 0 fully saturated rings. The molecule has 3 aromatic rings. The summed E-state index contributed by atoms with van der Waals surface area (Å²) in [5.74, 6) is 0. The third-order valence-electron chi connectivity index (χ3n) is 2.93. The van der Waals surface area contributed by atoms with Gasteiger partial charge < -0.3 is 0 Å². The van der Waals surface area contributed by atoms with Gasteiger partial charge in [-0.15, -0.1) is 0 Å². The first-order valence-corrected chi connectivity index (χ1v) is 7.34. The third-order valence-corrected chi connectivity index (χ3v) is 4.21. The predicted octanol–water partition coefficient (Wildman–Crippen LogP) is 3.08. The lowest BCUT2D eigenvalue weighted by Crippen LogP contribution is -2.27. The highest BCUT2D eigenvalue weighted by molar-refractivity contribution is 7.15. The van der Waals surface area contributed by atoms with E-state index in [0.29, 0.717) is 16.0 Å². The molecule has 0 spiro atoms. The topological polar surface area (TPSA) is 58.2 Å². The van der Waals surface area contributed by atoms with Crippen molar-refractivity contribution in [1.29, 1.82) is 5.41 Å². The highest BCUT2D eigenvalue weighted by Crippen LogP contribution is 2.13. The lowest BCUT2D eigenvalue weighted by atomic mass is 10.2. The standard InChI is InChI=1S/C15H10ClN3OS/c16-12-7-3-1-5-10(12)9-18-19-14(20)11-6-2-4-8-13(11)21-15(19)17/h1-9,17H/b17-15?,18-9+. The second kappa shape index (κ2) is 5.63. The molecule has 1 N–H and O–H groups in total. The number of hydrogen-bond donors (Lipinski definition) is 1. The van der Waals surface area contributed by atoms with E-state index in [-0.39, 0.29) is 10.4 Å². The first kappa shape index (κ1) is 13.7. The molecule has 2 aromatic carbocycles. The van der Waals surface area contributed by atoms with Crippen molar-refractivity contribution >= 4 is 39.2 Å². The van der Waals surface area contributed by atoms with Gasteiger partial charge in [0.1, 0.15) is 0 Å². The van der Waals surface area contributed by atoms with Crippen LogP contribution in [0.15, 0.2) is 58.4 Å². The molecule has 0 aliphatic carbocycles. The van der Waals surface area contributed by atoms with Crippen molar-refractivity contribution in [3.8, 4) is 0 Å². The van der Waals surface area contributed by atoms with Crippen molar-refractivity contribution in [1.82, 2.24) is 4.68 Å². The summed E-state index contributed by atoms with van der Waals surface area (Å²) in [5.41, 5.74) is 0.390. The summed E-state index contributed by atoms with van der Waals surface area (Å²) in [6, 6.07) is 14.4. The Morgan fingerprint density at radius 1 is 1.14 bits per heavy atom. The van der Waals surface area contributed by atoms with E-state index >= 15 is 0 Å². The molecule has 0 amide bonds. The van der Waals surface area contributed by atoms with Gasteiger partial charge >= 0.3 is 0 Å². The molecule has 0 radical (unpaired) electrons. The molecule has 1 aromatic heterocycles. The van der Waals surface area contributed by atoms with Crippen LogP contribution in [-0.4, -0.2) is 10.9 Å². The molecule has 0 saturated heterocycles. The Hall–Kier alpha value is -2.24. The number of halogens is 1. The third kappa shape index (κ3) is 2.66. The van der Waals surface area contributed by atoms with E-state index in [2.05, 4.69) is 5.10 Å². The van der Waals surface area contributed by atoms with Crippen LogP contribution in [0.25, 0.3) is 10.1 Å². The van der Waals surface area contributed by atoms with Gasteiger partial charge in [0.2, 0.25) is 4.80 Å². The van der Waals surface area contributed by atoms with Gasteiger partial charge in [-0.2, -0.15) is 9.78 Å². The molecule has 104 valence electrons. The van der Waals surface area contributed by atoms with Crippen molar-refractivity contribution in [2.24, 2.45) is 5.10 Å². The molecule has 0 saturated carbocycles. The van der Waals surface area contributed by atoms with E-state index in [1.807, 2.05) is 24.3 Å².